The second-order valence-electron chi connectivity index (χ2n) is 4.09. The monoisotopic (exact) mass is 454 g/mol. The Hall–Kier alpha value is -0.430. The van der Waals surface area contributed by atoms with Gasteiger partial charge in [0.25, 0.3) is 0 Å². The summed E-state index contributed by atoms with van der Waals surface area (Å²) in [5.41, 5.74) is 0.995. The number of benzene rings is 1. The molecule has 1 heterocycles. The molecule has 1 atom stereocenters. The van der Waals surface area contributed by atoms with Gasteiger partial charge in [-0.3, -0.25) is 0 Å². The predicted molar refractivity (Wildman–Crippen MR) is 93.9 cm³/mol. The molecule has 3 nitrogen and oxygen atoms in total. The summed E-state index contributed by atoms with van der Waals surface area (Å²) in [6.07, 6.45) is 0. The Morgan fingerprint density at radius 2 is 1.62 bits per heavy atom. The Labute approximate surface area is 149 Å². The van der Waals surface area contributed by atoms with Gasteiger partial charge in [0, 0.05) is 4.88 Å². The lowest BCUT2D eigenvalue weighted by atomic mass is 10.1. The SMILES string of the molecule is COc1cc(C(Br)c2cc(Cl)c(Br)s2)cc(OC)c1OC. The maximum atomic E-state index is 6.10. The van der Waals surface area contributed by atoms with Crippen molar-refractivity contribution >= 4 is 54.8 Å². The molecule has 1 unspecified atom stereocenters. The first-order valence-corrected chi connectivity index (χ1v) is 8.80. The van der Waals surface area contributed by atoms with Crippen LogP contribution < -0.4 is 14.2 Å². The van der Waals surface area contributed by atoms with Crippen molar-refractivity contribution in [2.75, 3.05) is 21.3 Å². The molecule has 2 aromatic rings. The number of hydrogen-bond acceptors (Lipinski definition) is 4. The normalized spacial score (nSPS) is 12.1. The first-order chi connectivity index (χ1) is 10.0. The molecular weight excluding hydrogens is 443 g/mol. The molecule has 7 heteroatoms. The standard InChI is InChI=1S/C14H13Br2ClO3S/c1-18-9-4-7(5-10(19-2)13(9)20-3)12(15)11-6-8(17)14(16)21-11/h4-6,12H,1-3H3. The van der Waals surface area contributed by atoms with E-state index in [2.05, 4.69) is 31.9 Å². The van der Waals surface area contributed by atoms with Gasteiger partial charge >= 0.3 is 0 Å². The highest BCUT2D eigenvalue weighted by molar-refractivity contribution is 9.11. The van der Waals surface area contributed by atoms with E-state index in [9.17, 15) is 0 Å². The lowest BCUT2D eigenvalue weighted by Crippen LogP contribution is -1.98. The van der Waals surface area contributed by atoms with Gasteiger partial charge in [-0.2, -0.15) is 0 Å². The van der Waals surface area contributed by atoms with Crippen LogP contribution in [0, 0.1) is 0 Å². The smallest absolute Gasteiger partial charge is 0.203 e. The maximum Gasteiger partial charge on any atom is 0.203 e. The van der Waals surface area contributed by atoms with Crippen molar-refractivity contribution in [2.24, 2.45) is 0 Å². The fraction of sp³-hybridized carbons (Fsp3) is 0.286. The van der Waals surface area contributed by atoms with Gasteiger partial charge in [-0.25, -0.2) is 0 Å². The molecule has 0 aliphatic carbocycles. The number of hydrogen-bond donors (Lipinski definition) is 0. The van der Waals surface area contributed by atoms with Crippen LogP contribution >= 0.6 is 54.8 Å². The van der Waals surface area contributed by atoms with Crippen LogP contribution in [0.4, 0.5) is 0 Å². The number of rotatable bonds is 5. The molecule has 0 aliphatic rings. The molecule has 0 amide bonds. The van der Waals surface area contributed by atoms with E-state index in [4.69, 9.17) is 25.8 Å². The fourth-order valence-electron chi connectivity index (χ4n) is 1.90. The highest BCUT2D eigenvalue weighted by Crippen LogP contribution is 2.46. The van der Waals surface area contributed by atoms with Crippen molar-refractivity contribution in [1.82, 2.24) is 0 Å². The second-order valence-corrected chi connectivity index (χ2v) is 7.82. The number of methoxy groups -OCH3 is 3. The minimum Gasteiger partial charge on any atom is -0.493 e. The first-order valence-electron chi connectivity index (χ1n) is 5.90. The third-order valence-corrected chi connectivity index (χ3v) is 6.76. The van der Waals surface area contributed by atoms with E-state index in [1.165, 1.54) is 0 Å². The molecule has 0 bridgehead atoms. The van der Waals surface area contributed by atoms with E-state index in [1.54, 1.807) is 32.7 Å². The van der Waals surface area contributed by atoms with Gasteiger partial charge in [0.15, 0.2) is 11.5 Å². The molecule has 0 aliphatic heterocycles. The van der Waals surface area contributed by atoms with E-state index in [0.717, 1.165) is 14.2 Å². The first kappa shape index (κ1) is 16.9. The minimum atomic E-state index is -0.0139. The van der Waals surface area contributed by atoms with E-state index >= 15 is 0 Å². The number of halogens is 3. The molecule has 1 aromatic heterocycles. The van der Waals surface area contributed by atoms with E-state index in [-0.39, 0.29) is 4.83 Å². The van der Waals surface area contributed by atoms with Crippen LogP contribution in [0.1, 0.15) is 15.3 Å². The zero-order valence-electron chi connectivity index (χ0n) is 11.6. The summed E-state index contributed by atoms with van der Waals surface area (Å²) < 4.78 is 17.0. The van der Waals surface area contributed by atoms with Gasteiger partial charge in [0.1, 0.15) is 0 Å². The molecule has 1 aromatic carbocycles. The van der Waals surface area contributed by atoms with Crippen LogP contribution in [0.3, 0.4) is 0 Å². The molecule has 0 N–H and O–H groups in total. The van der Waals surface area contributed by atoms with Gasteiger partial charge in [0.05, 0.1) is 35.0 Å². The molecule has 0 spiro atoms. The zero-order valence-corrected chi connectivity index (χ0v) is 16.3. The Morgan fingerprint density at radius 1 is 1.05 bits per heavy atom. The van der Waals surface area contributed by atoms with Crippen molar-refractivity contribution in [3.8, 4) is 17.2 Å². The molecular formula is C14H13Br2ClO3S. The summed E-state index contributed by atoms with van der Waals surface area (Å²) in [6, 6.07) is 5.77. The Bertz CT molecular complexity index is 601. The highest BCUT2D eigenvalue weighted by atomic mass is 79.9. The molecule has 0 saturated heterocycles. The highest BCUT2D eigenvalue weighted by Gasteiger charge is 2.20. The zero-order chi connectivity index (χ0) is 15.6. The summed E-state index contributed by atoms with van der Waals surface area (Å²) in [4.78, 5) is 1.07. The molecule has 2 rings (SSSR count). The van der Waals surface area contributed by atoms with Gasteiger partial charge in [0.2, 0.25) is 5.75 Å². The van der Waals surface area contributed by atoms with E-state index in [1.807, 2.05) is 18.2 Å². The Balaban J connectivity index is 2.48. The third-order valence-electron chi connectivity index (χ3n) is 2.89. The Kier molecular flexibility index (Phi) is 5.82. The number of ether oxygens (including phenoxy) is 3. The topological polar surface area (TPSA) is 27.7 Å². The maximum absolute atomic E-state index is 6.10. The van der Waals surface area contributed by atoms with Crippen molar-refractivity contribution in [3.63, 3.8) is 0 Å². The summed E-state index contributed by atoms with van der Waals surface area (Å²) in [7, 11) is 4.79. The van der Waals surface area contributed by atoms with Crippen molar-refractivity contribution in [2.45, 2.75) is 4.83 Å². The van der Waals surface area contributed by atoms with Crippen molar-refractivity contribution in [3.05, 3.63) is 37.4 Å². The van der Waals surface area contributed by atoms with Crippen LogP contribution in [0.2, 0.25) is 5.02 Å². The van der Waals surface area contributed by atoms with Crippen LogP contribution in [-0.4, -0.2) is 21.3 Å². The van der Waals surface area contributed by atoms with Crippen LogP contribution in [-0.2, 0) is 0 Å². The number of thiophene rings is 1. The van der Waals surface area contributed by atoms with Gasteiger partial charge in [-0.15, -0.1) is 11.3 Å². The van der Waals surface area contributed by atoms with Gasteiger partial charge in [-0.1, -0.05) is 27.5 Å². The summed E-state index contributed by atoms with van der Waals surface area (Å²) in [6.45, 7) is 0. The lowest BCUT2D eigenvalue weighted by Gasteiger charge is -2.16. The average Bonchev–Trinajstić information content (AvgIpc) is 2.84. The average molecular weight is 457 g/mol. The van der Waals surface area contributed by atoms with Crippen LogP contribution in [0.15, 0.2) is 22.0 Å². The number of alkyl halides is 1. The molecule has 21 heavy (non-hydrogen) atoms. The largest absolute Gasteiger partial charge is 0.493 e. The molecule has 0 saturated carbocycles. The fourth-order valence-corrected chi connectivity index (χ4v) is 4.33. The van der Waals surface area contributed by atoms with E-state index < -0.39 is 0 Å². The van der Waals surface area contributed by atoms with Crippen molar-refractivity contribution in [1.29, 1.82) is 0 Å². The quantitative estimate of drug-likeness (QED) is 0.542. The second kappa shape index (κ2) is 7.22. The van der Waals surface area contributed by atoms with E-state index in [0.29, 0.717) is 22.3 Å². The van der Waals surface area contributed by atoms with Crippen LogP contribution in [0.25, 0.3) is 0 Å². The Morgan fingerprint density at radius 3 is 2.00 bits per heavy atom. The predicted octanol–water partition coefficient (Wildman–Crippen LogP) is 5.67. The summed E-state index contributed by atoms with van der Waals surface area (Å²) in [5, 5.41) is 0.701. The molecule has 114 valence electrons. The summed E-state index contributed by atoms with van der Waals surface area (Å²) >= 11 is 14.8. The molecule has 0 fully saturated rings. The lowest BCUT2D eigenvalue weighted by molar-refractivity contribution is 0.324. The van der Waals surface area contributed by atoms with Crippen molar-refractivity contribution < 1.29 is 14.2 Å². The van der Waals surface area contributed by atoms with Gasteiger partial charge in [-0.05, 0) is 39.7 Å². The minimum absolute atomic E-state index is 0.0139. The van der Waals surface area contributed by atoms with Crippen LogP contribution in [0.5, 0.6) is 17.2 Å². The summed E-state index contributed by atoms with van der Waals surface area (Å²) in [5.74, 6) is 1.82. The third kappa shape index (κ3) is 3.50. The van der Waals surface area contributed by atoms with Gasteiger partial charge < -0.3 is 14.2 Å². The molecule has 0 radical (unpaired) electrons.